The molecule has 0 saturated carbocycles. The van der Waals surface area contributed by atoms with Gasteiger partial charge in [0.1, 0.15) is 5.01 Å². The molecule has 0 atom stereocenters. The van der Waals surface area contributed by atoms with Crippen LogP contribution in [-0.2, 0) is 18.7 Å². The molecule has 0 bridgehead atoms. The van der Waals surface area contributed by atoms with Crippen molar-refractivity contribution in [2.24, 2.45) is 5.92 Å². The Hall–Kier alpha value is -0.0600. The van der Waals surface area contributed by atoms with Gasteiger partial charge < -0.3 is 5.32 Å². The number of thioether (sulfide) groups is 1. The normalized spacial score (nSPS) is 11.3. The molecule has 1 heterocycles. The van der Waals surface area contributed by atoms with Crippen LogP contribution < -0.4 is 5.32 Å². The third-order valence-electron chi connectivity index (χ3n) is 2.03. The largest absolute Gasteiger partial charge is 0.315 e. The lowest BCUT2D eigenvalue weighted by Gasteiger charge is -2.03. The van der Waals surface area contributed by atoms with Gasteiger partial charge in [-0.05, 0) is 25.6 Å². The molecule has 86 valence electrons. The Morgan fingerprint density at radius 2 is 2.20 bits per heavy atom. The van der Waals surface area contributed by atoms with Gasteiger partial charge in [-0.15, -0.1) is 11.3 Å². The maximum absolute atomic E-state index is 4.72. The average molecular weight is 244 g/mol. The fourth-order valence-electron chi connectivity index (χ4n) is 1.47. The van der Waals surface area contributed by atoms with Crippen LogP contribution in [0.25, 0.3) is 0 Å². The van der Waals surface area contributed by atoms with Crippen LogP contribution in [0.3, 0.4) is 0 Å². The number of hydrogen-bond donors (Lipinski definition) is 1. The Labute approximate surface area is 101 Å². The summed E-state index contributed by atoms with van der Waals surface area (Å²) < 4.78 is 0. The summed E-state index contributed by atoms with van der Waals surface area (Å²) in [7, 11) is 1.99. The topological polar surface area (TPSA) is 24.9 Å². The van der Waals surface area contributed by atoms with Crippen molar-refractivity contribution in [3.8, 4) is 0 Å². The van der Waals surface area contributed by atoms with E-state index in [4.69, 9.17) is 4.98 Å². The molecular weight excluding hydrogens is 224 g/mol. The zero-order valence-electron chi connectivity index (χ0n) is 9.96. The summed E-state index contributed by atoms with van der Waals surface area (Å²) in [4.78, 5) is 6.13. The summed E-state index contributed by atoms with van der Waals surface area (Å²) in [5.41, 5.74) is 1.30. The zero-order valence-corrected chi connectivity index (χ0v) is 11.6. The Balaban J connectivity index is 2.79. The maximum Gasteiger partial charge on any atom is 0.103 e. The molecule has 0 radical (unpaired) electrons. The summed E-state index contributed by atoms with van der Waals surface area (Å²) >= 11 is 3.70. The summed E-state index contributed by atoms with van der Waals surface area (Å²) in [5, 5.41) is 4.48. The number of aromatic nitrogens is 1. The highest BCUT2D eigenvalue weighted by molar-refractivity contribution is 7.97. The van der Waals surface area contributed by atoms with Crippen LogP contribution in [-0.4, -0.2) is 18.3 Å². The number of nitrogens with one attached hydrogen (secondary N) is 1. The molecule has 0 aliphatic rings. The van der Waals surface area contributed by atoms with Gasteiger partial charge in [-0.1, -0.05) is 13.8 Å². The van der Waals surface area contributed by atoms with Crippen molar-refractivity contribution >= 4 is 23.1 Å². The van der Waals surface area contributed by atoms with Crippen molar-refractivity contribution in [2.45, 2.75) is 32.6 Å². The van der Waals surface area contributed by atoms with E-state index in [-0.39, 0.29) is 0 Å². The summed E-state index contributed by atoms with van der Waals surface area (Å²) in [6, 6.07) is 0. The molecule has 4 heteroatoms. The predicted octanol–water partition coefficient (Wildman–Crippen LogP) is 2.92. The average Bonchev–Trinajstić information content (AvgIpc) is 2.48. The minimum absolute atomic E-state index is 0.685. The first-order valence-corrected chi connectivity index (χ1v) is 7.49. The van der Waals surface area contributed by atoms with Crippen molar-refractivity contribution in [1.82, 2.24) is 10.3 Å². The van der Waals surface area contributed by atoms with Crippen molar-refractivity contribution in [3.63, 3.8) is 0 Å². The highest BCUT2D eigenvalue weighted by Gasteiger charge is 2.11. The Morgan fingerprint density at radius 1 is 1.47 bits per heavy atom. The molecule has 0 amide bonds. The highest BCUT2D eigenvalue weighted by atomic mass is 32.2. The summed E-state index contributed by atoms with van der Waals surface area (Å²) in [6.45, 7) is 5.45. The fraction of sp³-hybridized carbons (Fsp3) is 0.727. The van der Waals surface area contributed by atoms with Gasteiger partial charge in [-0.2, -0.15) is 11.8 Å². The second kappa shape index (κ2) is 6.51. The molecule has 1 rings (SSSR count). The van der Waals surface area contributed by atoms with Crippen molar-refractivity contribution in [1.29, 1.82) is 0 Å². The molecule has 0 spiro atoms. The van der Waals surface area contributed by atoms with Crippen LogP contribution in [0.5, 0.6) is 0 Å². The van der Waals surface area contributed by atoms with Crippen molar-refractivity contribution in [2.75, 3.05) is 13.3 Å². The molecule has 0 aromatic carbocycles. The molecule has 0 aliphatic heterocycles. The number of hydrogen-bond acceptors (Lipinski definition) is 4. The molecule has 1 N–H and O–H groups in total. The van der Waals surface area contributed by atoms with Crippen LogP contribution in [0.1, 0.15) is 29.4 Å². The second-order valence-electron chi connectivity index (χ2n) is 4.04. The standard InChI is InChI=1S/C11H20N2S2/c1-8(2)5-9-10(6-12-3)15-11(13-9)7-14-4/h8,12H,5-7H2,1-4H3. The van der Waals surface area contributed by atoms with Crippen molar-refractivity contribution < 1.29 is 0 Å². The van der Waals surface area contributed by atoms with Gasteiger partial charge in [0.25, 0.3) is 0 Å². The molecule has 0 saturated heterocycles. The number of rotatable bonds is 6. The molecule has 2 nitrogen and oxygen atoms in total. The quantitative estimate of drug-likeness (QED) is 0.833. The Bertz CT molecular complexity index is 295. The second-order valence-corrected chi connectivity index (χ2v) is 6.07. The fourth-order valence-corrected chi connectivity index (χ4v) is 3.27. The summed E-state index contributed by atoms with van der Waals surface area (Å²) in [5.74, 6) is 1.73. The molecule has 0 aliphatic carbocycles. The first kappa shape index (κ1) is 13.0. The van der Waals surface area contributed by atoms with Gasteiger partial charge in [0.05, 0.1) is 5.69 Å². The van der Waals surface area contributed by atoms with Gasteiger partial charge in [0.2, 0.25) is 0 Å². The van der Waals surface area contributed by atoms with E-state index in [0.717, 1.165) is 18.7 Å². The lowest BCUT2D eigenvalue weighted by atomic mass is 10.1. The predicted molar refractivity (Wildman–Crippen MR) is 70.6 cm³/mol. The molecule has 0 unspecified atom stereocenters. The molecule has 15 heavy (non-hydrogen) atoms. The van der Waals surface area contributed by atoms with Crippen LogP contribution in [0, 0.1) is 5.92 Å². The highest BCUT2D eigenvalue weighted by Crippen LogP contribution is 2.23. The Kier molecular flexibility index (Phi) is 5.64. The zero-order chi connectivity index (χ0) is 11.3. The van der Waals surface area contributed by atoms with Gasteiger partial charge in [-0.3, -0.25) is 0 Å². The van der Waals surface area contributed by atoms with Gasteiger partial charge in [0.15, 0.2) is 0 Å². The maximum atomic E-state index is 4.72. The first-order chi connectivity index (χ1) is 7.17. The molecule has 0 fully saturated rings. The molecular formula is C11H20N2S2. The van der Waals surface area contributed by atoms with E-state index in [2.05, 4.69) is 25.4 Å². The Morgan fingerprint density at radius 3 is 2.73 bits per heavy atom. The van der Waals surface area contributed by atoms with E-state index in [9.17, 15) is 0 Å². The smallest absolute Gasteiger partial charge is 0.103 e. The third-order valence-corrected chi connectivity index (χ3v) is 3.87. The SMILES string of the molecule is CNCc1sc(CSC)nc1CC(C)C. The minimum Gasteiger partial charge on any atom is -0.315 e. The van der Waals surface area contributed by atoms with Crippen LogP contribution in [0.15, 0.2) is 0 Å². The van der Waals surface area contributed by atoms with Crippen LogP contribution >= 0.6 is 23.1 Å². The van der Waals surface area contributed by atoms with E-state index in [0.29, 0.717) is 5.92 Å². The van der Waals surface area contributed by atoms with Crippen LogP contribution in [0.4, 0.5) is 0 Å². The van der Waals surface area contributed by atoms with Gasteiger partial charge in [-0.25, -0.2) is 4.98 Å². The number of thiazole rings is 1. The van der Waals surface area contributed by atoms with Crippen molar-refractivity contribution in [3.05, 3.63) is 15.6 Å². The first-order valence-electron chi connectivity index (χ1n) is 5.28. The van der Waals surface area contributed by atoms with E-state index in [1.807, 2.05) is 30.1 Å². The minimum atomic E-state index is 0.685. The van der Waals surface area contributed by atoms with Gasteiger partial charge >= 0.3 is 0 Å². The van der Waals surface area contributed by atoms with E-state index >= 15 is 0 Å². The summed E-state index contributed by atoms with van der Waals surface area (Å²) in [6.07, 6.45) is 3.23. The molecule has 1 aromatic heterocycles. The lowest BCUT2D eigenvalue weighted by Crippen LogP contribution is -2.07. The lowest BCUT2D eigenvalue weighted by molar-refractivity contribution is 0.630. The third kappa shape index (κ3) is 4.13. The number of nitrogens with zero attached hydrogens (tertiary/aromatic N) is 1. The van der Waals surface area contributed by atoms with Crippen LogP contribution in [0.2, 0.25) is 0 Å². The van der Waals surface area contributed by atoms with E-state index in [1.165, 1.54) is 15.6 Å². The van der Waals surface area contributed by atoms with E-state index in [1.54, 1.807) is 0 Å². The monoisotopic (exact) mass is 244 g/mol. The van der Waals surface area contributed by atoms with E-state index < -0.39 is 0 Å². The van der Waals surface area contributed by atoms with Gasteiger partial charge in [0, 0.05) is 17.2 Å². The molecule has 1 aromatic rings.